The Morgan fingerprint density at radius 3 is 2.21 bits per heavy atom. The zero-order valence-corrected chi connectivity index (χ0v) is 14.8. The first-order valence-electron chi connectivity index (χ1n) is 9.52. The van der Waals surface area contributed by atoms with Gasteiger partial charge in [-0.1, -0.05) is 6.07 Å². The molecule has 0 spiro atoms. The van der Waals surface area contributed by atoms with Crippen LogP contribution >= 0.6 is 0 Å². The number of quaternary nitrogens is 1. The van der Waals surface area contributed by atoms with Gasteiger partial charge in [-0.3, -0.25) is 9.13 Å². The minimum atomic E-state index is 0.0622. The summed E-state index contributed by atoms with van der Waals surface area (Å²) in [4.78, 5) is 12.1. The van der Waals surface area contributed by atoms with Crippen molar-refractivity contribution in [1.29, 1.82) is 0 Å². The normalized spacial score (nSPS) is 34.3. The zero-order valence-electron chi connectivity index (χ0n) is 14.8. The van der Waals surface area contributed by atoms with Crippen LogP contribution in [0.25, 0.3) is 11.0 Å². The number of rotatable bonds is 3. The molecule has 1 aromatic carbocycles. The summed E-state index contributed by atoms with van der Waals surface area (Å²) in [6.45, 7) is 1.05. The number of nitrogens with two attached hydrogens (primary N) is 1. The van der Waals surface area contributed by atoms with E-state index in [0.717, 1.165) is 35.3 Å². The summed E-state index contributed by atoms with van der Waals surface area (Å²) >= 11 is 0. The molecule has 2 N–H and O–H groups in total. The fourth-order valence-electron chi connectivity index (χ4n) is 6.44. The van der Waals surface area contributed by atoms with E-state index in [1.807, 2.05) is 14.1 Å². The highest BCUT2D eigenvalue weighted by Crippen LogP contribution is 2.54. The van der Waals surface area contributed by atoms with Crippen LogP contribution in [0.2, 0.25) is 0 Å². The van der Waals surface area contributed by atoms with E-state index in [9.17, 15) is 4.79 Å². The number of imidazole rings is 1. The van der Waals surface area contributed by atoms with Gasteiger partial charge in [0.25, 0.3) is 0 Å². The highest BCUT2D eigenvalue weighted by Gasteiger charge is 2.53. The Morgan fingerprint density at radius 2 is 1.58 bits per heavy atom. The molecule has 4 bridgehead atoms. The van der Waals surface area contributed by atoms with Gasteiger partial charge in [0, 0.05) is 38.9 Å². The largest absolute Gasteiger partial charge is 0.338 e. The van der Waals surface area contributed by atoms with Crippen molar-refractivity contribution in [2.24, 2.45) is 31.8 Å². The average Bonchev–Trinajstić information content (AvgIpc) is 2.76. The van der Waals surface area contributed by atoms with Crippen LogP contribution in [0.4, 0.5) is 0 Å². The number of fused-ring (bicyclic) bond motifs is 1. The van der Waals surface area contributed by atoms with Gasteiger partial charge in [0.1, 0.15) is 6.54 Å². The van der Waals surface area contributed by atoms with Crippen LogP contribution in [0.3, 0.4) is 0 Å². The van der Waals surface area contributed by atoms with Crippen LogP contribution < -0.4 is 11.0 Å². The van der Waals surface area contributed by atoms with Crippen LogP contribution in [0.5, 0.6) is 0 Å². The Morgan fingerprint density at radius 1 is 1.00 bits per heavy atom. The maximum absolute atomic E-state index is 12.1. The van der Waals surface area contributed by atoms with E-state index < -0.39 is 0 Å². The summed E-state index contributed by atoms with van der Waals surface area (Å²) in [7, 11) is 3.73. The quantitative estimate of drug-likeness (QED) is 0.920. The van der Waals surface area contributed by atoms with E-state index in [1.165, 1.54) is 44.1 Å². The lowest BCUT2D eigenvalue weighted by molar-refractivity contribution is -0.752. The summed E-state index contributed by atoms with van der Waals surface area (Å²) in [6, 6.07) is 6.53. The Labute approximate surface area is 142 Å². The molecule has 0 aliphatic heterocycles. The third-order valence-corrected chi connectivity index (χ3v) is 7.19. The van der Waals surface area contributed by atoms with Gasteiger partial charge in [-0.2, -0.15) is 0 Å². The maximum Gasteiger partial charge on any atom is 0.328 e. The summed E-state index contributed by atoms with van der Waals surface area (Å²) in [5.41, 5.74) is 4.01. The predicted molar refractivity (Wildman–Crippen MR) is 94.7 cm³/mol. The van der Waals surface area contributed by atoms with Crippen molar-refractivity contribution in [3.63, 3.8) is 0 Å². The Balaban J connectivity index is 1.40. The second-order valence-corrected chi connectivity index (χ2v) is 8.91. The standard InChI is InChI=1S/C20H27N3O/c1-22-17-4-3-13(8-18(17)23(2)19(22)24)12-21-20-9-14-5-15(10-20)7-16(6-14)11-20/h3-4,8,14-16,21H,5-7,9-12H2,1-2H3/p+1. The molecule has 128 valence electrons. The molecular formula is C20H28N3O+. The molecule has 4 nitrogen and oxygen atoms in total. The SMILES string of the molecule is Cn1c(=O)n(C)c2cc(C[NH2+]C34CC5CC(CC(C5)C3)C4)ccc21. The molecule has 0 saturated heterocycles. The molecule has 0 amide bonds. The van der Waals surface area contributed by atoms with Gasteiger partial charge in [0.2, 0.25) is 0 Å². The van der Waals surface area contributed by atoms with E-state index in [1.54, 1.807) is 9.13 Å². The van der Waals surface area contributed by atoms with Crippen LogP contribution in [0, 0.1) is 17.8 Å². The summed E-state index contributed by atoms with van der Waals surface area (Å²) in [6.07, 6.45) is 8.82. The average molecular weight is 326 g/mol. The first-order valence-corrected chi connectivity index (χ1v) is 9.52. The van der Waals surface area contributed by atoms with Gasteiger partial charge in [-0.25, -0.2) is 4.79 Å². The lowest BCUT2D eigenvalue weighted by Crippen LogP contribution is -2.97. The predicted octanol–water partition coefficient (Wildman–Crippen LogP) is 1.91. The van der Waals surface area contributed by atoms with Crippen molar-refractivity contribution in [1.82, 2.24) is 9.13 Å². The molecule has 4 heteroatoms. The van der Waals surface area contributed by atoms with Gasteiger partial charge >= 0.3 is 5.69 Å². The number of hydrogen-bond acceptors (Lipinski definition) is 1. The van der Waals surface area contributed by atoms with E-state index in [0.29, 0.717) is 5.54 Å². The van der Waals surface area contributed by atoms with E-state index in [4.69, 9.17) is 0 Å². The van der Waals surface area contributed by atoms with Gasteiger partial charge in [0.05, 0.1) is 16.6 Å². The number of aryl methyl sites for hydroxylation is 2. The molecule has 0 unspecified atom stereocenters. The zero-order chi connectivity index (χ0) is 16.5. The Kier molecular flexibility index (Phi) is 3.06. The highest BCUT2D eigenvalue weighted by molar-refractivity contribution is 5.76. The number of hydrogen-bond donors (Lipinski definition) is 1. The van der Waals surface area contributed by atoms with Crippen molar-refractivity contribution in [2.45, 2.75) is 50.6 Å². The second kappa shape index (κ2) is 4.98. The van der Waals surface area contributed by atoms with Gasteiger partial charge < -0.3 is 5.32 Å². The van der Waals surface area contributed by atoms with Gasteiger partial charge in [-0.05, 0) is 49.1 Å². The molecule has 6 rings (SSSR count). The van der Waals surface area contributed by atoms with E-state index >= 15 is 0 Å². The molecule has 0 atom stereocenters. The third kappa shape index (κ3) is 2.12. The van der Waals surface area contributed by atoms with Crippen molar-refractivity contribution in [2.75, 3.05) is 0 Å². The Hall–Kier alpha value is -1.55. The van der Waals surface area contributed by atoms with Crippen LogP contribution in [-0.2, 0) is 20.6 Å². The van der Waals surface area contributed by atoms with Crippen molar-refractivity contribution < 1.29 is 5.32 Å². The fourth-order valence-corrected chi connectivity index (χ4v) is 6.44. The van der Waals surface area contributed by atoms with Crippen molar-refractivity contribution >= 4 is 11.0 Å². The van der Waals surface area contributed by atoms with Crippen LogP contribution in [-0.4, -0.2) is 14.7 Å². The summed E-state index contributed by atoms with van der Waals surface area (Å²) < 4.78 is 3.51. The monoisotopic (exact) mass is 326 g/mol. The lowest BCUT2D eigenvalue weighted by atomic mass is 9.53. The van der Waals surface area contributed by atoms with E-state index in [2.05, 4.69) is 23.5 Å². The first-order chi connectivity index (χ1) is 11.5. The topological polar surface area (TPSA) is 43.5 Å². The molecule has 4 saturated carbocycles. The minimum Gasteiger partial charge on any atom is -0.338 e. The van der Waals surface area contributed by atoms with Gasteiger partial charge in [-0.15, -0.1) is 0 Å². The molecule has 4 aliphatic carbocycles. The number of aromatic nitrogens is 2. The highest BCUT2D eigenvalue weighted by atomic mass is 16.1. The number of benzene rings is 1. The van der Waals surface area contributed by atoms with E-state index in [-0.39, 0.29) is 5.69 Å². The fraction of sp³-hybridized carbons (Fsp3) is 0.650. The molecule has 1 heterocycles. The molecule has 2 aromatic rings. The molecule has 0 radical (unpaired) electrons. The molecule has 24 heavy (non-hydrogen) atoms. The molecule has 4 aliphatic rings. The smallest absolute Gasteiger partial charge is 0.328 e. The molecular weight excluding hydrogens is 298 g/mol. The van der Waals surface area contributed by atoms with Gasteiger partial charge in [0.15, 0.2) is 0 Å². The number of nitrogens with zero attached hydrogens (tertiary/aromatic N) is 2. The summed E-state index contributed by atoms with van der Waals surface area (Å²) in [5.74, 6) is 3.01. The minimum absolute atomic E-state index is 0.0622. The maximum atomic E-state index is 12.1. The van der Waals surface area contributed by atoms with Crippen molar-refractivity contribution in [3.8, 4) is 0 Å². The van der Waals surface area contributed by atoms with Crippen LogP contribution in [0.15, 0.2) is 23.0 Å². The van der Waals surface area contributed by atoms with Crippen molar-refractivity contribution in [3.05, 3.63) is 34.2 Å². The second-order valence-electron chi connectivity index (χ2n) is 8.91. The first kappa shape index (κ1) is 14.8. The third-order valence-electron chi connectivity index (χ3n) is 7.19. The molecule has 1 aromatic heterocycles. The Bertz CT molecular complexity index is 824. The summed E-state index contributed by atoms with van der Waals surface area (Å²) in [5, 5.41) is 2.65. The lowest BCUT2D eigenvalue weighted by Gasteiger charge is -2.54. The molecule has 4 fully saturated rings. The van der Waals surface area contributed by atoms with Crippen LogP contribution in [0.1, 0.15) is 44.1 Å².